The Labute approximate surface area is 139 Å². The van der Waals surface area contributed by atoms with Gasteiger partial charge in [-0.2, -0.15) is 28.6 Å². The average molecular weight is 378 g/mol. The summed E-state index contributed by atoms with van der Waals surface area (Å²) < 4.78 is 3.38. The topological polar surface area (TPSA) is 29.9 Å². The van der Waals surface area contributed by atoms with Gasteiger partial charge in [0, 0.05) is 41.5 Å². The molecule has 1 saturated heterocycles. The van der Waals surface area contributed by atoms with E-state index in [2.05, 4.69) is 70.3 Å². The molecule has 3 nitrogen and oxygen atoms in total. The predicted octanol–water partition coefficient (Wildman–Crippen LogP) is 3.21. The lowest BCUT2D eigenvalue weighted by Crippen LogP contribution is -2.41. The number of aromatic nitrogens is 2. The van der Waals surface area contributed by atoms with E-state index in [-0.39, 0.29) is 0 Å². The number of rotatable bonds is 6. The molecule has 0 radical (unpaired) electrons. The maximum absolute atomic E-state index is 4.71. The molecule has 1 aliphatic heterocycles. The van der Waals surface area contributed by atoms with Crippen molar-refractivity contribution in [2.24, 2.45) is 0 Å². The van der Waals surface area contributed by atoms with E-state index in [1.807, 2.05) is 0 Å². The number of nitrogens with one attached hydrogen (secondary N) is 1. The molecule has 1 aliphatic rings. The molecule has 0 aromatic carbocycles. The van der Waals surface area contributed by atoms with E-state index >= 15 is 0 Å². The third kappa shape index (κ3) is 3.76. The molecule has 1 aromatic rings. The zero-order chi connectivity index (χ0) is 14.5. The summed E-state index contributed by atoms with van der Waals surface area (Å²) in [6, 6.07) is 0.524. The molecule has 2 unspecified atom stereocenters. The fourth-order valence-electron chi connectivity index (χ4n) is 2.58. The van der Waals surface area contributed by atoms with Crippen molar-refractivity contribution in [2.75, 3.05) is 24.3 Å². The van der Waals surface area contributed by atoms with Crippen LogP contribution in [0.2, 0.25) is 0 Å². The predicted molar refractivity (Wildman–Crippen MR) is 95.1 cm³/mol. The highest BCUT2D eigenvalue weighted by Crippen LogP contribution is 2.30. The van der Waals surface area contributed by atoms with Crippen molar-refractivity contribution in [3.8, 4) is 0 Å². The van der Waals surface area contributed by atoms with Crippen LogP contribution in [0.1, 0.15) is 25.2 Å². The van der Waals surface area contributed by atoms with Gasteiger partial charge in [0.1, 0.15) is 0 Å². The van der Waals surface area contributed by atoms with Crippen molar-refractivity contribution in [3.63, 3.8) is 0 Å². The summed E-state index contributed by atoms with van der Waals surface area (Å²) in [5.74, 6) is 3.84. The van der Waals surface area contributed by atoms with E-state index in [4.69, 9.17) is 5.10 Å². The van der Waals surface area contributed by atoms with Crippen LogP contribution < -0.4 is 5.32 Å². The normalized spacial score (nSPS) is 21.1. The van der Waals surface area contributed by atoms with Gasteiger partial charge < -0.3 is 5.32 Å². The zero-order valence-corrected chi connectivity index (χ0v) is 15.7. The Bertz CT molecular complexity index is 430. The van der Waals surface area contributed by atoms with E-state index in [1.54, 1.807) is 0 Å². The molecule has 2 heterocycles. The molecular formula is C14H24BrN3S2. The number of halogens is 1. The Hall–Kier alpha value is 0.350. The maximum Gasteiger partial charge on any atom is 0.0766 e. The highest BCUT2D eigenvalue weighted by atomic mass is 79.9. The Morgan fingerprint density at radius 2 is 2.25 bits per heavy atom. The molecule has 0 amide bonds. The van der Waals surface area contributed by atoms with Gasteiger partial charge in [0.25, 0.3) is 0 Å². The molecule has 1 N–H and O–H groups in total. The number of aryl methyl sites for hydroxylation is 2. The smallest absolute Gasteiger partial charge is 0.0766 e. The maximum atomic E-state index is 4.71. The lowest BCUT2D eigenvalue weighted by molar-refractivity contribution is 0.519. The van der Waals surface area contributed by atoms with Crippen LogP contribution in [-0.2, 0) is 19.4 Å². The number of thioether (sulfide) groups is 2. The van der Waals surface area contributed by atoms with Crippen LogP contribution in [0.15, 0.2) is 4.47 Å². The highest BCUT2D eigenvalue weighted by Gasteiger charge is 2.26. The number of nitrogens with zero attached hydrogens (tertiary/aromatic N) is 2. The summed E-state index contributed by atoms with van der Waals surface area (Å²) in [4.78, 5) is 0. The lowest BCUT2D eigenvalue weighted by Gasteiger charge is -2.29. The highest BCUT2D eigenvalue weighted by molar-refractivity contribution is 9.10. The van der Waals surface area contributed by atoms with E-state index < -0.39 is 0 Å². The van der Waals surface area contributed by atoms with Gasteiger partial charge in [-0.15, -0.1) is 0 Å². The van der Waals surface area contributed by atoms with E-state index in [0.717, 1.165) is 19.4 Å². The average Bonchev–Trinajstić information content (AvgIpc) is 2.81. The molecule has 0 spiro atoms. The molecule has 0 aliphatic carbocycles. The quantitative estimate of drug-likeness (QED) is 0.823. The summed E-state index contributed by atoms with van der Waals surface area (Å²) in [5, 5.41) is 8.94. The minimum absolute atomic E-state index is 0.524. The summed E-state index contributed by atoms with van der Waals surface area (Å²) in [6.45, 7) is 5.28. The molecule has 6 heteroatoms. The minimum atomic E-state index is 0.524. The Morgan fingerprint density at radius 3 is 2.80 bits per heavy atom. The largest absolute Gasteiger partial charge is 0.315 e. The van der Waals surface area contributed by atoms with Gasteiger partial charge in [-0.1, -0.05) is 6.92 Å². The number of likely N-dealkylation sites (N-methyl/N-ethyl adjacent to an activating group) is 1. The lowest BCUT2D eigenvalue weighted by atomic mass is 10.1. The molecule has 0 bridgehead atoms. The van der Waals surface area contributed by atoms with E-state index in [9.17, 15) is 0 Å². The van der Waals surface area contributed by atoms with Crippen molar-refractivity contribution in [3.05, 3.63) is 15.9 Å². The molecule has 1 fully saturated rings. The van der Waals surface area contributed by atoms with Crippen molar-refractivity contribution in [1.82, 2.24) is 15.1 Å². The van der Waals surface area contributed by atoms with E-state index in [1.165, 1.54) is 33.1 Å². The van der Waals surface area contributed by atoms with Crippen molar-refractivity contribution in [1.29, 1.82) is 0 Å². The SMILES string of the molecule is CCc1nn(CC)c(CC(NC)C2CSCCS2)c1Br. The van der Waals surface area contributed by atoms with Crippen LogP contribution in [0, 0.1) is 0 Å². The van der Waals surface area contributed by atoms with Crippen LogP contribution >= 0.6 is 39.5 Å². The Kier molecular flexibility index (Phi) is 6.78. The van der Waals surface area contributed by atoms with Crippen molar-refractivity contribution in [2.45, 2.75) is 44.5 Å². The number of hydrogen-bond acceptors (Lipinski definition) is 4. The van der Waals surface area contributed by atoms with Gasteiger partial charge >= 0.3 is 0 Å². The third-order valence-electron chi connectivity index (χ3n) is 3.77. The zero-order valence-electron chi connectivity index (χ0n) is 12.5. The van der Waals surface area contributed by atoms with Crippen molar-refractivity contribution < 1.29 is 0 Å². The first-order chi connectivity index (χ1) is 9.71. The van der Waals surface area contributed by atoms with E-state index in [0.29, 0.717) is 11.3 Å². The fourth-order valence-corrected chi connectivity index (χ4v) is 6.23. The number of hydrogen-bond donors (Lipinski definition) is 1. The first-order valence-corrected chi connectivity index (χ1v) is 10.3. The molecule has 2 rings (SSSR count). The second-order valence-corrected chi connectivity index (χ2v) is 8.25. The standard InChI is InChI=1S/C14H24BrN3S2/c1-4-10-14(15)12(18(5-2)17-10)8-11(16-3)13-9-19-6-7-20-13/h11,13,16H,4-9H2,1-3H3. The van der Waals surface area contributed by atoms with Gasteiger partial charge in [0.05, 0.1) is 15.9 Å². The van der Waals surface area contributed by atoms with Gasteiger partial charge in [-0.05, 0) is 36.3 Å². The second kappa shape index (κ2) is 8.11. The van der Waals surface area contributed by atoms with Crippen molar-refractivity contribution >= 4 is 39.5 Å². The monoisotopic (exact) mass is 377 g/mol. The summed E-state index contributed by atoms with van der Waals surface area (Å²) >= 11 is 7.97. The molecule has 2 atom stereocenters. The molecule has 20 heavy (non-hydrogen) atoms. The first kappa shape index (κ1) is 16.7. The van der Waals surface area contributed by atoms with Gasteiger partial charge in [0.2, 0.25) is 0 Å². The summed E-state index contributed by atoms with van der Waals surface area (Å²) in [5.41, 5.74) is 2.53. The van der Waals surface area contributed by atoms with Gasteiger partial charge in [-0.25, -0.2) is 0 Å². The molecular weight excluding hydrogens is 354 g/mol. The Balaban J connectivity index is 2.15. The molecule has 0 saturated carbocycles. The Morgan fingerprint density at radius 1 is 1.45 bits per heavy atom. The first-order valence-electron chi connectivity index (χ1n) is 7.31. The molecule has 114 valence electrons. The van der Waals surface area contributed by atoms with Crippen LogP contribution in [0.3, 0.4) is 0 Å². The fraction of sp³-hybridized carbons (Fsp3) is 0.786. The van der Waals surface area contributed by atoms with Crippen LogP contribution in [-0.4, -0.2) is 45.4 Å². The minimum Gasteiger partial charge on any atom is -0.315 e. The third-order valence-corrected chi connectivity index (χ3v) is 7.60. The van der Waals surface area contributed by atoms with Crippen LogP contribution in [0.25, 0.3) is 0 Å². The van der Waals surface area contributed by atoms with Crippen LogP contribution in [0.4, 0.5) is 0 Å². The molecule has 1 aromatic heterocycles. The summed E-state index contributed by atoms with van der Waals surface area (Å²) in [6.07, 6.45) is 2.04. The van der Waals surface area contributed by atoms with Gasteiger partial charge in [-0.3, -0.25) is 4.68 Å². The second-order valence-electron chi connectivity index (χ2n) is 4.96. The van der Waals surface area contributed by atoms with Gasteiger partial charge in [0.15, 0.2) is 0 Å². The van der Waals surface area contributed by atoms with Crippen LogP contribution in [0.5, 0.6) is 0 Å². The summed E-state index contributed by atoms with van der Waals surface area (Å²) in [7, 11) is 2.09.